The number of thiophene rings is 1. The van der Waals surface area contributed by atoms with Crippen LogP contribution in [0.25, 0.3) is 10.4 Å². The molecule has 25 heavy (non-hydrogen) atoms. The number of nitrogens with one attached hydrogen (secondary N) is 1. The predicted octanol–water partition coefficient (Wildman–Crippen LogP) is 4.68. The summed E-state index contributed by atoms with van der Waals surface area (Å²) in [5.74, 6) is -1.18. The molecular formula is C17H12BrNO4S2. The van der Waals surface area contributed by atoms with Gasteiger partial charge in [-0.1, -0.05) is 52.3 Å². The van der Waals surface area contributed by atoms with E-state index >= 15 is 0 Å². The van der Waals surface area contributed by atoms with E-state index in [9.17, 15) is 18.3 Å². The smallest absolute Gasteiger partial charge is 0.348 e. The molecule has 0 radical (unpaired) electrons. The number of anilines is 1. The van der Waals surface area contributed by atoms with Gasteiger partial charge >= 0.3 is 5.97 Å². The molecule has 0 aliphatic heterocycles. The first-order chi connectivity index (χ1) is 11.9. The average Bonchev–Trinajstić information content (AvgIpc) is 2.99. The number of carboxylic acids is 1. The van der Waals surface area contributed by atoms with E-state index in [2.05, 4.69) is 20.7 Å². The van der Waals surface area contributed by atoms with Gasteiger partial charge in [-0.15, -0.1) is 11.3 Å². The SMILES string of the molecule is O=C(O)c1sc(-c2ccccc2)cc1NS(=O)(=O)c1cccc(Br)c1. The molecule has 0 amide bonds. The van der Waals surface area contributed by atoms with Crippen LogP contribution in [0.4, 0.5) is 5.69 Å². The van der Waals surface area contributed by atoms with Crippen molar-refractivity contribution in [2.75, 3.05) is 4.72 Å². The maximum atomic E-state index is 12.6. The summed E-state index contributed by atoms with van der Waals surface area (Å²) in [6.07, 6.45) is 0. The molecule has 0 atom stereocenters. The van der Waals surface area contributed by atoms with Crippen molar-refractivity contribution in [3.63, 3.8) is 0 Å². The Kier molecular flexibility index (Phi) is 4.94. The van der Waals surface area contributed by atoms with Gasteiger partial charge in [-0.25, -0.2) is 13.2 Å². The van der Waals surface area contributed by atoms with Gasteiger partial charge in [0.05, 0.1) is 10.6 Å². The third-order valence-corrected chi connectivity index (χ3v) is 6.36. The molecule has 0 spiro atoms. The lowest BCUT2D eigenvalue weighted by molar-refractivity contribution is 0.0703. The Hall–Kier alpha value is -2.16. The van der Waals surface area contributed by atoms with Crippen molar-refractivity contribution >= 4 is 48.9 Å². The summed E-state index contributed by atoms with van der Waals surface area (Å²) in [6, 6.07) is 16.9. The van der Waals surface area contributed by atoms with Crippen molar-refractivity contribution in [1.82, 2.24) is 0 Å². The standard InChI is InChI=1S/C17H12BrNO4S2/c18-12-7-4-8-13(9-12)25(22,23)19-14-10-15(24-16(14)17(20)21)11-5-2-1-3-6-11/h1-10,19H,(H,20,21). The van der Waals surface area contributed by atoms with E-state index in [-0.39, 0.29) is 15.5 Å². The number of hydrogen-bond acceptors (Lipinski definition) is 4. The Morgan fingerprint density at radius 1 is 1.04 bits per heavy atom. The molecule has 3 rings (SSSR count). The lowest BCUT2D eigenvalue weighted by Gasteiger charge is -2.07. The average molecular weight is 438 g/mol. The van der Waals surface area contributed by atoms with Crippen LogP contribution >= 0.6 is 27.3 Å². The number of benzene rings is 2. The van der Waals surface area contributed by atoms with Crippen LogP contribution in [0.2, 0.25) is 0 Å². The summed E-state index contributed by atoms with van der Waals surface area (Å²) in [5.41, 5.74) is 0.874. The minimum absolute atomic E-state index is 0.0469. The Morgan fingerprint density at radius 3 is 2.40 bits per heavy atom. The number of hydrogen-bond donors (Lipinski definition) is 2. The summed E-state index contributed by atoms with van der Waals surface area (Å²) in [4.78, 5) is 12.2. The van der Waals surface area contributed by atoms with Crippen molar-refractivity contribution in [2.24, 2.45) is 0 Å². The van der Waals surface area contributed by atoms with Crippen LogP contribution < -0.4 is 4.72 Å². The van der Waals surface area contributed by atoms with E-state index in [0.717, 1.165) is 16.9 Å². The Balaban J connectivity index is 2.02. The van der Waals surface area contributed by atoms with Gasteiger partial charge in [-0.2, -0.15) is 0 Å². The van der Waals surface area contributed by atoms with Crippen LogP contribution in [0.15, 0.2) is 70.0 Å². The van der Waals surface area contributed by atoms with Crippen molar-refractivity contribution < 1.29 is 18.3 Å². The van der Waals surface area contributed by atoms with E-state index < -0.39 is 16.0 Å². The molecular weight excluding hydrogens is 426 g/mol. The number of rotatable bonds is 5. The highest BCUT2D eigenvalue weighted by molar-refractivity contribution is 9.10. The topological polar surface area (TPSA) is 83.5 Å². The van der Waals surface area contributed by atoms with Gasteiger partial charge < -0.3 is 5.11 Å². The van der Waals surface area contributed by atoms with Gasteiger partial charge in [0.2, 0.25) is 0 Å². The number of sulfonamides is 1. The Bertz CT molecular complexity index is 1030. The largest absolute Gasteiger partial charge is 0.477 e. The maximum Gasteiger partial charge on any atom is 0.348 e. The predicted molar refractivity (Wildman–Crippen MR) is 102 cm³/mol. The minimum atomic E-state index is -3.90. The van der Waals surface area contributed by atoms with Gasteiger partial charge in [-0.05, 0) is 29.8 Å². The quantitative estimate of drug-likeness (QED) is 0.606. The van der Waals surface area contributed by atoms with Crippen LogP contribution in [0.3, 0.4) is 0 Å². The number of aromatic carboxylic acids is 1. The highest BCUT2D eigenvalue weighted by Gasteiger charge is 2.22. The van der Waals surface area contributed by atoms with E-state index in [4.69, 9.17) is 0 Å². The molecule has 8 heteroatoms. The fraction of sp³-hybridized carbons (Fsp3) is 0. The van der Waals surface area contributed by atoms with Crippen molar-refractivity contribution in [1.29, 1.82) is 0 Å². The van der Waals surface area contributed by atoms with Gasteiger partial charge in [0.25, 0.3) is 10.0 Å². The van der Waals surface area contributed by atoms with E-state index in [0.29, 0.717) is 9.35 Å². The molecule has 0 aliphatic rings. The molecule has 0 saturated heterocycles. The molecule has 3 aromatic rings. The van der Waals surface area contributed by atoms with Crippen LogP contribution in [0.5, 0.6) is 0 Å². The minimum Gasteiger partial charge on any atom is -0.477 e. The molecule has 0 bridgehead atoms. The third kappa shape index (κ3) is 3.92. The fourth-order valence-electron chi connectivity index (χ4n) is 2.21. The molecule has 0 unspecified atom stereocenters. The van der Waals surface area contributed by atoms with Crippen LogP contribution in [0.1, 0.15) is 9.67 Å². The number of halogens is 1. The van der Waals surface area contributed by atoms with Gasteiger partial charge in [-0.3, -0.25) is 4.72 Å². The highest BCUT2D eigenvalue weighted by Crippen LogP contribution is 2.36. The highest BCUT2D eigenvalue weighted by atomic mass is 79.9. The van der Waals surface area contributed by atoms with Crippen LogP contribution in [-0.4, -0.2) is 19.5 Å². The van der Waals surface area contributed by atoms with E-state index in [1.54, 1.807) is 18.2 Å². The molecule has 2 N–H and O–H groups in total. The zero-order chi connectivity index (χ0) is 18.0. The summed E-state index contributed by atoms with van der Waals surface area (Å²) in [5, 5.41) is 9.41. The molecule has 1 heterocycles. The Labute approximate surface area is 157 Å². The van der Waals surface area contributed by atoms with Crippen LogP contribution in [0, 0.1) is 0 Å². The summed E-state index contributed by atoms with van der Waals surface area (Å²) >= 11 is 4.25. The number of carboxylic acid groups (broad SMARTS) is 1. The zero-order valence-electron chi connectivity index (χ0n) is 12.6. The summed E-state index contributed by atoms with van der Waals surface area (Å²) in [7, 11) is -3.90. The molecule has 5 nitrogen and oxygen atoms in total. The first-order valence-corrected chi connectivity index (χ1v) is 10.2. The lowest BCUT2D eigenvalue weighted by Crippen LogP contribution is -2.14. The van der Waals surface area contributed by atoms with Crippen molar-refractivity contribution in [3.8, 4) is 10.4 Å². The van der Waals surface area contributed by atoms with E-state index in [1.165, 1.54) is 12.1 Å². The van der Waals surface area contributed by atoms with E-state index in [1.807, 2.05) is 30.3 Å². The Morgan fingerprint density at radius 2 is 1.76 bits per heavy atom. The summed E-state index contributed by atoms with van der Waals surface area (Å²) in [6.45, 7) is 0. The second kappa shape index (κ2) is 6.99. The van der Waals surface area contributed by atoms with Crippen molar-refractivity contribution in [3.05, 3.63) is 70.0 Å². The molecule has 128 valence electrons. The molecule has 1 aromatic heterocycles. The van der Waals surface area contributed by atoms with Crippen molar-refractivity contribution in [2.45, 2.75) is 4.90 Å². The molecule has 2 aromatic carbocycles. The van der Waals surface area contributed by atoms with Gasteiger partial charge in [0.15, 0.2) is 0 Å². The van der Waals surface area contributed by atoms with Gasteiger partial charge in [0, 0.05) is 9.35 Å². The maximum absolute atomic E-state index is 12.6. The summed E-state index contributed by atoms with van der Waals surface area (Å²) < 4.78 is 28.1. The zero-order valence-corrected chi connectivity index (χ0v) is 15.9. The number of carbonyl (C=O) groups is 1. The monoisotopic (exact) mass is 437 g/mol. The first kappa shape index (κ1) is 17.7. The molecule has 0 saturated carbocycles. The second-order valence-corrected chi connectivity index (χ2v) is 8.74. The third-order valence-electron chi connectivity index (χ3n) is 3.34. The lowest BCUT2D eigenvalue weighted by atomic mass is 10.2. The fourth-order valence-corrected chi connectivity index (χ4v) is 4.89. The normalized spacial score (nSPS) is 11.2. The second-order valence-electron chi connectivity index (χ2n) is 5.09. The molecule has 0 fully saturated rings. The van der Waals surface area contributed by atoms with Crippen LogP contribution in [-0.2, 0) is 10.0 Å². The van der Waals surface area contributed by atoms with Gasteiger partial charge in [0.1, 0.15) is 4.88 Å². The first-order valence-electron chi connectivity index (χ1n) is 7.08. The molecule has 0 aliphatic carbocycles.